The molecule has 12 rings (SSSR count). The summed E-state index contributed by atoms with van der Waals surface area (Å²) in [4.78, 5) is 0. The minimum atomic E-state index is -0.783. The van der Waals surface area contributed by atoms with Gasteiger partial charge in [0.1, 0.15) is 12.3 Å². The molecule has 12 aromatic carbocycles. The molecule has 0 saturated heterocycles. The van der Waals surface area contributed by atoms with E-state index in [4.69, 9.17) is 12.8 Å². The van der Waals surface area contributed by atoms with E-state index in [1.165, 1.54) is 76.6 Å². The first-order chi connectivity index (χ1) is 33.7. The normalized spacial score (nSPS) is 10.7. The van der Waals surface area contributed by atoms with Gasteiger partial charge in [-0.15, -0.1) is 23.3 Å². The molecule has 0 aromatic heterocycles. The summed E-state index contributed by atoms with van der Waals surface area (Å²) in [5, 5.41) is 20.5. The van der Waals surface area contributed by atoms with Crippen molar-refractivity contribution < 1.29 is 44.8 Å². The Hall–Kier alpha value is -6.34. The largest absolute Gasteiger partial charge is 1.00 e. The summed E-state index contributed by atoms with van der Waals surface area (Å²) in [5.41, 5.74) is 1.70. The second-order valence-corrected chi connectivity index (χ2v) is 22.1. The molecule has 0 atom stereocenters. The van der Waals surface area contributed by atoms with Crippen LogP contribution in [0.2, 0.25) is 0 Å². The van der Waals surface area contributed by atoms with Gasteiger partial charge in [-0.05, 0) is 102 Å². The van der Waals surface area contributed by atoms with Gasteiger partial charge in [0.15, 0.2) is 0 Å². The van der Waals surface area contributed by atoms with Gasteiger partial charge < -0.3 is 12.8 Å². The summed E-state index contributed by atoms with van der Waals surface area (Å²) in [7, 11) is -1.57. The van der Waals surface area contributed by atoms with Crippen LogP contribution in [0.4, 0.5) is 0 Å². The molecular formula is C66H48Au2P2+2. The first-order valence-corrected chi connectivity index (χ1v) is 26.5. The van der Waals surface area contributed by atoms with Crippen molar-refractivity contribution in [1.29, 1.82) is 0 Å². The van der Waals surface area contributed by atoms with Gasteiger partial charge in [0.05, 0.1) is 37.1 Å². The third kappa shape index (κ3) is 10.8. The molecule has 0 saturated carbocycles. The maximum Gasteiger partial charge on any atom is 1.00 e. The topological polar surface area (TPSA) is 0 Å². The Morgan fingerprint density at radius 2 is 0.543 bits per heavy atom. The molecule has 0 aliphatic carbocycles. The predicted octanol–water partition coefficient (Wildman–Crippen LogP) is 14.9. The van der Waals surface area contributed by atoms with Crippen molar-refractivity contribution >= 4 is 102 Å². The average molecular weight is 1300 g/mol. The number of rotatable bonds is 7. The van der Waals surface area contributed by atoms with Crippen molar-refractivity contribution in [3.63, 3.8) is 0 Å². The van der Waals surface area contributed by atoms with E-state index in [9.17, 15) is 0 Å². The van der Waals surface area contributed by atoms with E-state index in [1.54, 1.807) is 0 Å². The molecule has 0 heterocycles. The van der Waals surface area contributed by atoms with Crippen molar-refractivity contribution in [3.05, 3.63) is 279 Å². The van der Waals surface area contributed by atoms with Crippen LogP contribution in [0.15, 0.2) is 255 Å². The van der Waals surface area contributed by atoms with Crippen LogP contribution in [-0.2, 0) is 44.8 Å². The molecule has 0 fully saturated rings. The Bertz CT molecular complexity index is 3440. The van der Waals surface area contributed by atoms with Gasteiger partial charge >= 0.3 is 44.8 Å². The molecule has 0 aliphatic rings. The van der Waals surface area contributed by atoms with Crippen molar-refractivity contribution in [3.8, 4) is 11.8 Å². The van der Waals surface area contributed by atoms with Gasteiger partial charge in [0, 0.05) is 0 Å². The van der Waals surface area contributed by atoms with Crippen LogP contribution in [0, 0.1) is 24.7 Å². The molecule has 0 aliphatic heterocycles. The first-order valence-electron chi connectivity index (χ1n) is 23.1. The minimum Gasteiger partial charge on any atom is -0.366 e. The summed E-state index contributed by atoms with van der Waals surface area (Å²) in [6.45, 7) is 0. The standard InChI is InChI=1S/C26H24P2.2C20H11.2Au/c1-5-13-23(14-6-1)27(24-15-7-2-8-16-24)21-22-28(25-17-9-3-10-18-25)26-19-11-4-12-20-26;2*1-2-14-7-5-8-16-11-12-18-17-9-4-3-6-15(17)10-13-19(18)20(14)16;;/h1-20H,21-22H2;2*3-13H;;/q;2*-1;2*+1/p+2. The smallest absolute Gasteiger partial charge is 0.366 e. The molecular weight excluding hydrogens is 1250 g/mol. The summed E-state index contributed by atoms with van der Waals surface area (Å²) in [6, 6.07) is 90.6. The van der Waals surface area contributed by atoms with Crippen molar-refractivity contribution in [2.45, 2.75) is 0 Å². The first kappa shape index (κ1) is 50.1. The molecule has 12 aromatic rings. The maximum atomic E-state index is 7.51. The van der Waals surface area contributed by atoms with E-state index in [-0.39, 0.29) is 44.8 Å². The SMILES string of the molecule is [Au+].[Au+].[C-]#Cc1cccc2ccc3c4ccccc4ccc3c12.[C-]#Cc1cccc2ccc3c4ccccc4ccc3c12.c1ccc([PH+](CC[PH+](c2ccccc2)c2ccccc2)c2ccccc2)cc1. The summed E-state index contributed by atoms with van der Waals surface area (Å²) in [5.74, 6) is 5.12. The molecule has 70 heavy (non-hydrogen) atoms. The zero-order chi connectivity index (χ0) is 46.1. The van der Waals surface area contributed by atoms with Crippen LogP contribution in [0.25, 0.3) is 64.6 Å². The molecule has 342 valence electrons. The Labute approximate surface area is 445 Å². The Kier molecular flexibility index (Phi) is 17.2. The van der Waals surface area contributed by atoms with E-state index in [1.807, 2.05) is 24.3 Å². The van der Waals surface area contributed by atoms with Crippen LogP contribution in [0.3, 0.4) is 0 Å². The van der Waals surface area contributed by atoms with Gasteiger partial charge in [-0.25, -0.2) is 0 Å². The van der Waals surface area contributed by atoms with Gasteiger partial charge in [0.25, 0.3) is 0 Å². The Morgan fingerprint density at radius 3 is 0.886 bits per heavy atom. The Balaban J connectivity index is 0.000000142. The van der Waals surface area contributed by atoms with E-state index in [0.29, 0.717) is 0 Å². The van der Waals surface area contributed by atoms with Gasteiger partial charge in [0.2, 0.25) is 0 Å². The van der Waals surface area contributed by atoms with E-state index in [2.05, 4.69) is 242 Å². The Morgan fingerprint density at radius 1 is 0.257 bits per heavy atom. The monoisotopic (exact) mass is 1300 g/mol. The van der Waals surface area contributed by atoms with E-state index < -0.39 is 15.8 Å². The quantitative estimate of drug-likeness (QED) is 0.0490. The third-order valence-electron chi connectivity index (χ3n) is 12.9. The van der Waals surface area contributed by atoms with Crippen molar-refractivity contribution in [2.24, 2.45) is 0 Å². The van der Waals surface area contributed by atoms with Gasteiger partial charge in [-0.3, -0.25) is 11.8 Å². The second-order valence-electron chi connectivity index (χ2n) is 16.9. The van der Waals surface area contributed by atoms with Crippen molar-refractivity contribution in [2.75, 3.05) is 12.3 Å². The summed E-state index contributed by atoms with van der Waals surface area (Å²) < 4.78 is 0. The molecule has 0 bridgehead atoms. The molecule has 0 amide bonds. The van der Waals surface area contributed by atoms with Crippen LogP contribution < -0.4 is 21.2 Å². The van der Waals surface area contributed by atoms with Gasteiger partial charge in [-0.2, -0.15) is 0 Å². The zero-order valence-corrected chi connectivity index (χ0v) is 44.6. The number of benzene rings is 12. The van der Waals surface area contributed by atoms with Gasteiger partial charge in [-0.1, -0.05) is 205 Å². The molecule has 0 unspecified atom stereocenters. The fraction of sp³-hybridized carbons (Fsp3) is 0.0303. The summed E-state index contributed by atoms with van der Waals surface area (Å²) in [6.07, 6.45) is 17.5. The zero-order valence-electron chi connectivity index (χ0n) is 38.3. The average Bonchev–Trinajstić information content (AvgIpc) is 3.42. The van der Waals surface area contributed by atoms with E-state index in [0.717, 1.165) is 32.7 Å². The van der Waals surface area contributed by atoms with Crippen LogP contribution in [0.1, 0.15) is 11.1 Å². The van der Waals surface area contributed by atoms with Crippen LogP contribution in [-0.4, -0.2) is 12.3 Å². The number of hydrogen-bond donors (Lipinski definition) is 0. The predicted molar refractivity (Wildman–Crippen MR) is 301 cm³/mol. The molecule has 4 heteroatoms. The molecule has 0 nitrogen and oxygen atoms in total. The van der Waals surface area contributed by atoms with Crippen molar-refractivity contribution in [1.82, 2.24) is 0 Å². The molecule has 0 spiro atoms. The minimum absolute atomic E-state index is 0. The second kappa shape index (κ2) is 24.0. The van der Waals surface area contributed by atoms with E-state index >= 15 is 0 Å². The third-order valence-corrected chi connectivity index (χ3v) is 19.0. The summed E-state index contributed by atoms with van der Waals surface area (Å²) >= 11 is 0. The van der Waals surface area contributed by atoms with Crippen LogP contribution >= 0.6 is 15.8 Å². The van der Waals surface area contributed by atoms with Crippen LogP contribution in [0.5, 0.6) is 0 Å². The fourth-order valence-electron chi connectivity index (χ4n) is 9.68. The molecule has 0 N–H and O–H groups in total. The number of fused-ring (bicyclic) bond motifs is 10. The maximum absolute atomic E-state index is 7.51. The molecule has 0 radical (unpaired) electrons. The fourth-order valence-corrected chi connectivity index (χ4v) is 15.9. The number of hydrogen-bond acceptors (Lipinski definition) is 0.